The van der Waals surface area contributed by atoms with Gasteiger partial charge >= 0.3 is 5.97 Å². The Bertz CT molecular complexity index is 906. The van der Waals surface area contributed by atoms with Gasteiger partial charge in [-0.1, -0.05) is 48.0 Å². The van der Waals surface area contributed by atoms with Crippen LogP contribution in [0.1, 0.15) is 21.6 Å². The highest BCUT2D eigenvalue weighted by Crippen LogP contribution is 2.23. The summed E-state index contributed by atoms with van der Waals surface area (Å²) in [6.45, 7) is 1.81. The van der Waals surface area contributed by atoms with Crippen molar-refractivity contribution in [2.24, 2.45) is 0 Å². The molecule has 3 rings (SSSR count). The second-order valence-corrected chi connectivity index (χ2v) is 6.58. The van der Waals surface area contributed by atoms with E-state index in [9.17, 15) is 9.59 Å². The lowest BCUT2D eigenvalue weighted by molar-refractivity contribution is -0.143. The van der Waals surface area contributed by atoms with Gasteiger partial charge < -0.3 is 10.1 Å². The highest BCUT2D eigenvalue weighted by Gasteiger charge is 2.10. The number of aryl methyl sites for hydroxylation is 1. The molecule has 5 nitrogen and oxygen atoms in total. The average Bonchev–Trinajstić information content (AvgIpc) is 3.14. The molecule has 1 heterocycles. The van der Waals surface area contributed by atoms with E-state index in [1.807, 2.05) is 48.7 Å². The first kappa shape index (κ1) is 17.8. The number of esters is 1. The fraction of sp³-hybridized carbons (Fsp3) is 0.150. The van der Waals surface area contributed by atoms with Crippen LogP contribution in [0.15, 0.2) is 60.0 Å². The van der Waals surface area contributed by atoms with E-state index < -0.39 is 5.97 Å². The highest BCUT2D eigenvalue weighted by atomic mass is 32.1. The van der Waals surface area contributed by atoms with Crippen LogP contribution in [0.2, 0.25) is 0 Å². The molecule has 132 valence electrons. The van der Waals surface area contributed by atoms with Gasteiger partial charge in [-0.2, -0.15) is 0 Å². The topological polar surface area (TPSA) is 68.3 Å². The summed E-state index contributed by atoms with van der Waals surface area (Å²) in [4.78, 5) is 28.3. The smallest absolute Gasteiger partial charge is 0.325 e. The number of carbonyl (C=O) groups excluding carboxylic acids is 2. The van der Waals surface area contributed by atoms with Crippen molar-refractivity contribution >= 4 is 23.2 Å². The molecule has 0 aliphatic carbocycles. The normalized spacial score (nSPS) is 10.3. The summed E-state index contributed by atoms with van der Waals surface area (Å²) in [6, 6.07) is 17.0. The van der Waals surface area contributed by atoms with Crippen LogP contribution in [0.5, 0.6) is 0 Å². The third-order valence-corrected chi connectivity index (χ3v) is 4.57. The van der Waals surface area contributed by atoms with Crippen molar-refractivity contribution < 1.29 is 14.3 Å². The van der Waals surface area contributed by atoms with E-state index in [2.05, 4.69) is 10.3 Å². The Morgan fingerprint density at radius 2 is 1.92 bits per heavy atom. The van der Waals surface area contributed by atoms with Gasteiger partial charge in [0.15, 0.2) is 0 Å². The van der Waals surface area contributed by atoms with Crippen molar-refractivity contribution in [3.05, 3.63) is 76.8 Å². The minimum atomic E-state index is -0.500. The Labute approximate surface area is 155 Å². The summed E-state index contributed by atoms with van der Waals surface area (Å²) in [5.41, 5.74) is 3.22. The number of thiazole rings is 1. The van der Waals surface area contributed by atoms with Crippen LogP contribution in [0.25, 0.3) is 10.6 Å². The van der Waals surface area contributed by atoms with Crippen molar-refractivity contribution in [3.8, 4) is 10.6 Å². The zero-order chi connectivity index (χ0) is 18.4. The monoisotopic (exact) mass is 366 g/mol. The maximum Gasteiger partial charge on any atom is 0.325 e. The van der Waals surface area contributed by atoms with Gasteiger partial charge in [0.25, 0.3) is 5.91 Å². The second-order valence-electron chi connectivity index (χ2n) is 5.72. The predicted octanol–water partition coefficient (Wildman–Crippen LogP) is 3.59. The maximum atomic E-state index is 12.0. The average molecular weight is 366 g/mol. The van der Waals surface area contributed by atoms with E-state index in [1.165, 1.54) is 11.3 Å². The number of rotatable bonds is 6. The van der Waals surface area contributed by atoms with E-state index in [-0.39, 0.29) is 19.1 Å². The summed E-state index contributed by atoms with van der Waals surface area (Å²) in [5, 5.41) is 5.30. The summed E-state index contributed by atoms with van der Waals surface area (Å²) >= 11 is 1.50. The fourth-order valence-corrected chi connectivity index (χ4v) is 3.14. The number of hydrogen-bond donors (Lipinski definition) is 1. The maximum absolute atomic E-state index is 12.0. The van der Waals surface area contributed by atoms with Gasteiger partial charge in [-0.05, 0) is 19.1 Å². The van der Waals surface area contributed by atoms with Crippen LogP contribution < -0.4 is 5.32 Å². The number of amides is 1. The summed E-state index contributed by atoms with van der Waals surface area (Å²) < 4.78 is 5.18. The standard InChI is InChI=1S/C20H18N2O3S/c1-14-6-5-9-16(10-14)19(24)21-11-18(23)25-12-17-13-26-20(22-17)15-7-3-2-4-8-15/h2-10,13H,11-12H2,1H3,(H,21,24). The van der Waals surface area contributed by atoms with Gasteiger partial charge in [-0.3, -0.25) is 9.59 Å². The molecule has 0 aliphatic heterocycles. The van der Waals surface area contributed by atoms with Gasteiger partial charge in [0.1, 0.15) is 18.2 Å². The number of benzene rings is 2. The molecule has 0 fully saturated rings. The molecule has 0 radical (unpaired) electrons. The predicted molar refractivity (Wildman–Crippen MR) is 101 cm³/mol. The van der Waals surface area contributed by atoms with E-state index >= 15 is 0 Å². The quantitative estimate of drug-likeness (QED) is 0.677. The Morgan fingerprint density at radius 1 is 1.12 bits per heavy atom. The molecule has 0 atom stereocenters. The third kappa shape index (κ3) is 4.77. The summed E-state index contributed by atoms with van der Waals surface area (Å²) in [5.74, 6) is -0.800. The molecular formula is C20H18N2O3S. The minimum Gasteiger partial charge on any atom is -0.458 e. The second kappa shape index (κ2) is 8.40. The first-order chi connectivity index (χ1) is 12.6. The Hall–Kier alpha value is -2.99. The van der Waals surface area contributed by atoms with Crippen LogP contribution in [-0.4, -0.2) is 23.4 Å². The van der Waals surface area contributed by atoms with E-state index in [1.54, 1.807) is 18.2 Å². The molecule has 0 bridgehead atoms. The molecule has 2 aromatic carbocycles. The number of ether oxygens (including phenoxy) is 1. The molecule has 6 heteroatoms. The fourth-order valence-electron chi connectivity index (χ4n) is 2.33. The van der Waals surface area contributed by atoms with Gasteiger partial charge in [-0.15, -0.1) is 11.3 Å². The number of nitrogens with zero attached hydrogens (tertiary/aromatic N) is 1. The van der Waals surface area contributed by atoms with Gasteiger partial charge in [-0.25, -0.2) is 4.98 Å². The molecule has 1 amide bonds. The molecule has 0 saturated carbocycles. The molecule has 0 unspecified atom stereocenters. The highest BCUT2D eigenvalue weighted by molar-refractivity contribution is 7.13. The van der Waals surface area contributed by atoms with E-state index in [4.69, 9.17) is 4.74 Å². The van der Waals surface area contributed by atoms with Gasteiger partial charge in [0.05, 0.1) is 5.69 Å². The van der Waals surface area contributed by atoms with Crippen LogP contribution in [0.4, 0.5) is 0 Å². The lowest BCUT2D eigenvalue weighted by Crippen LogP contribution is -2.30. The van der Waals surface area contributed by atoms with Crippen molar-refractivity contribution in [1.29, 1.82) is 0 Å². The Morgan fingerprint density at radius 3 is 2.69 bits per heavy atom. The van der Waals surface area contributed by atoms with Crippen LogP contribution in [0, 0.1) is 6.92 Å². The first-order valence-corrected chi connectivity index (χ1v) is 9.00. The molecule has 0 spiro atoms. The summed E-state index contributed by atoms with van der Waals surface area (Å²) in [7, 11) is 0. The van der Waals surface area contributed by atoms with Crippen molar-refractivity contribution in [2.75, 3.05) is 6.54 Å². The number of hydrogen-bond acceptors (Lipinski definition) is 5. The van der Waals surface area contributed by atoms with Crippen LogP contribution in [0.3, 0.4) is 0 Å². The largest absolute Gasteiger partial charge is 0.458 e. The Kier molecular flexibility index (Phi) is 5.76. The zero-order valence-corrected chi connectivity index (χ0v) is 15.1. The van der Waals surface area contributed by atoms with Crippen LogP contribution in [-0.2, 0) is 16.1 Å². The first-order valence-electron chi connectivity index (χ1n) is 8.12. The SMILES string of the molecule is Cc1cccc(C(=O)NCC(=O)OCc2csc(-c3ccccc3)n2)c1. The molecule has 0 saturated heterocycles. The van der Waals surface area contributed by atoms with Crippen molar-refractivity contribution in [2.45, 2.75) is 13.5 Å². The van der Waals surface area contributed by atoms with Gasteiger partial charge in [0, 0.05) is 16.5 Å². The molecule has 26 heavy (non-hydrogen) atoms. The minimum absolute atomic E-state index is 0.0858. The molecular weight excluding hydrogens is 348 g/mol. The third-order valence-electron chi connectivity index (χ3n) is 3.63. The zero-order valence-electron chi connectivity index (χ0n) is 14.3. The number of nitrogens with one attached hydrogen (secondary N) is 1. The van der Waals surface area contributed by atoms with Crippen LogP contribution >= 0.6 is 11.3 Å². The number of carbonyl (C=O) groups is 2. The molecule has 1 aromatic heterocycles. The molecule has 3 aromatic rings. The van der Waals surface area contributed by atoms with E-state index in [0.29, 0.717) is 11.3 Å². The Balaban J connectivity index is 1.47. The van der Waals surface area contributed by atoms with Gasteiger partial charge in [0.2, 0.25) is 0 Å². The van der Waals surface area contributed by atoms with Crippen molar-refractivity contribution in [3.63, 3.8) is 0 Å². The number of aromatic nitrogens is 1. The van der Waals surface area contributed by atoms with E-state index in [0.717, 1.165) is 16.1 Å². The lowest BCUT2D eigenvalue weighted by atomic mass is 10.1. The molecule has 1 N–H and O–H groups in total. The molecule has 0 aliphatic rings. The lowest BCUT2D eigenvalue weighted by Gasteiger charge is -2.06. The van der Waals surface area contributed by atoms with Crippen molar-refractivity contribution in [1.82, 2.24) is 10.3 Å². The summed E-state index contributed by atoms with van der Waals surface area (Å²) in [6.07, 6.45) is 0.